The second kappa shape index (κ2) is 9.22. The fourth-order valence-corrected chi connectivity index (χ4v) is 6.22. The number of benzene rings is 8. The van der Waals surface area contributed by atoms with Gasteiger partial charge in [0.05, 0.1) is 0 Å². The molecule has 40 heavy (non-hydrogen) atoms. The minimum atomic E-state index is 1.19. The summed E-state index contributed by atoms with van der Waals surface area (Å²) in [6.45, 7) is 0. The molecule has 186 valence electrons. The lowest BCUT2D eigenvalue weighted by molar-refractivity contribution is 1.62. The number of fused-ring (bicyclic) bond motifs is 2. The summed E-state index contributed by atoms with van der Waals surface area (Å²) in [4.78, 5) is 0. The van der Waals surface area contributed by atoms with E-state index in [-0.39, 0.29) is 0 Å². The third kappa shape index (κ3) is 3.77. The maximum atomic E-state index is 2.28. The summed E-state index contributed by atoms with van der Waals surface area (Å²) in [5.41, 5.74) is 4.90. The number of hydrogen-bond acceptors (Lipinski definition) is 0. The van der Waals surface area contributed by atoms with Gasteiger partial charge in [0.2, 0.25) is 0 Å². The molecule has 8 aromatic rings. The average Bonchev–Trinajstić information content (AvgIpc) is 3.01. The molecule has 0 unspecified atom stereocenters. The second-order valence-corrected chi connectivity index (χ2v) is 10.6. The molecule has 0 heterocycles. The van der Waals surface area contributed by atoms with Crippen molar-refractivity contribution in [3.8, 4) is 0 Å². The molecule has 0 aliphatic carbocycles. The lowest BCUT2D eigenvalue weighted by Crippen LogP contribution is -1.86. The molecular weight excluding hydrogens is 480 g/mol. The van der Waals surface area contributed by atoms with Crippen molar-refractivity contribution in [1.82, 2.24) is 0 Å². The summed E-state index contributed by atoms with van der Waals surface area (Å²) < 4.78 is 0. The Morgan fingerprint density at radius 2 is 0.850 bits per heavy atom. The van der Waals surface area contributed by atoms with Crippen LogP contribution in [-0.2, 0) is 0 Å². The van der Waals surface area contributed by atoms with Gasteiger partial charge in [-0.25, -0.2) is 0 Å². The lowest BCUT2D eigenvalue weighted by atomic mass is 9.92. The lowest BCUT2D eigenvalue weighted by Gasteiger charge is -2.12. The first-order valence-electron chi connectivity index (χ1n) is 13.9. The maximum absolute atomic E-state index is 2.28. The van der Waals surface area contributed by atoms with Crippen molar-refractivity contribution in [2.75, 3.05) is 0 Å². The Balaban J connectivity index is 1.12. The van der Waals surface area contributed by atoms with E-state index in [1.807, 2.05) is 0 Å². The van der Waals surface area contributed by atoms with Crippen LogP contribution in [0.1, 0.15) is 22.3 Å². The van der Waals surface area contributed by atoms with Crippen molar-refractivity contribution in [1.29, 1.82) is 0 Å². The molecule has 0 heteroatoms. The normalized spacial score (nSPS) is 12.3. The SMILES string of the molecule is C(=C/c1ccc2ccc3cccc4ccc1c2c34)/c1ccc(/C=C/c2c3ccccc3cc3ccccc23)cc1. The van der Waals surface area contributed by atoms with E-state index >= 15 is 0 Å². The Kier molecular flexibility index (Phi) is 5.24. The van der Waals surface area contributed by atoms with Gasteiger partial charge in [0.25, 0.3) is 0 Å². The van der Waals surface area contributed by atoms with Gasteiger partial charge in [0.1, 0.15) is 0 Å². The van der Waals surface area contributed by atoms with Gasteiger partial charge in [-0.3, -0.25) is 0 Å². The Labute approximate surface area is 233 Å². The Morgan fingerprint density at radius 1 is 0.325 bits per heavy atom. The third-order valence-electron chi connectivity index (χ3n) is 8.21. The zero-order valence-corrected chi connectivity index (χ0v) is 22.0. The fraction of sp³-hybridized carbons (Fsp3) is 0. The van der Waals surface area contributed by atoms with Gasteiger partial charge >= 0.3 is 0 Å². The van der Waals surface area contributed by atoms with Gasteiger partial charge in [-0.2, -0.15) is 0 Å². The van der Waals surface area contributed by atoms with E-state index in [1.165, 1.54) is 76.1 Å². The largest absolute Gasteiger partial charge is 0.0616 e. The molecule has 0 atom stereocenters. The highest BCUT2D eigenvalue weighted by atomic mass is 14.1. The Morgan fingerprint density at radius 3 is 1.52 bits per heavy atom. The standard InChI is InChI=1S/C40H26/c1-3-10-35-33(6-1)26-34-7-2-4-11-36(34)38(35)24-17-28-14-12-27(13-15-28)16-18-29-19-20-32-22-21-30-8-5-9-31-23-25-37(29)40(32)39(30)31/h1-26H/b18-16-,24-17+. The highest BCUT2D eigenvalue weighted by Gasteiger charge is 2.09. The summed E-state index contributed by atoms with van der Waals surface area (Å²) in [6.07, 6.45) is 8.96. The summed E-state index contributed by atoms with van der Waals surface area (Å²) in [6, 6.07) is 48.4. The molecule has 0 fully saturated rings. The smallest absolute Gasteiger partial charge is 0.00208 e. The second-order valence-electron chi connectivity index (χ2n) is 10.6. The first kappa shape index (κ1) is 22.8. The van der Waals surface area contributed by atoms with Crippen molar-refractivity contribution >= 4 is 78.2 Å². The van der Waals surface area contributed by atoms with Gasteiger partial charge in [0.15, 0.2) is 0 Å². The van der Waals surface area contributed by atoms with Crippen LogP contribution in [0.5, 0.6) is 0 Å². The van der Waals surface area contributed by atoms with Crippen molar-refractivity contribution in [2.45, 2.75) is 0 Å². The molecular formula is C40H26. The molecule has 0 amide bonds. The zero-order chi connectivity index (χ0) is 26.5. The van der Waals surface area contributed by atoms with Crippen LogP contribution in [0, 0.1) is 0 Å². The molecule has 0 nitrogen and oxygen atoms in total. The van der Waals surface area contributed by atoms with E-state index < -0.39 is 0 Å². The monoisotopic (exact) mass is 506 g/mol. The average molecular weight is 507 g/mol. The first-order valence-corrected chi connectivity index (χ1v) is 13.9. The topological polar surface area (TPSA) is 0 Å². The van der Waals surface area contributed by atoms with E-state index in [0.717, 1.165) is 0 Å². The van der Waals surface area contributed by atoms with Gasteiger partial charge < -0.3 is 0 Å². The predicted octanol–water partition coefficient (Wildman–Crippen LogP) is 11.2. The molecule has 8 rings (SSSR count). The zero-order valence-electron chi connectivity index (χ0n) is 22.0. The number of hydrogen-bond donors (Lipinski definition) is 0. The van der Waals surface area contributed by atoms with Crippen LogP contribution in [0.3, 0.4) is 0 Å². The molecule has 0 aliphatic rings. The number of rotatable bonds is 4. The molecule has 0 spiro atoms. The van der Waals surface area contributed by atoms with Crippen LogP contribution in [0.4, 0.5) is 0 Å². The summed E-state index contributed by atoms with van der Waals surface area (Å²) in [5, 5.41) is 13.0. The first-order chi connectivity index (χ1) is 19.8. The molecule has 0 bridgehead atoms. The van der Waals surface area contributed by atoms with Gasteiger partial charge in [-0.15, -0.1) is 0 Å². The van der Waals surface area contributed by atoms with Gasteiger partial charge in [0, 0.05) is 0 Å². The quantitative estimate of drug-likeness (QED) is 0.126. The minimum absolute atomic E-state index is 1.19. The molecule has 0 saturated heterocycles. The Hall–Kier alpha value is -5.20. The van der Waals surface area contributed by atoms with Crippen LogP contribution >= 0.6 is 0 Å². The molecule has 0 N–H and O–H groups in total. The Bertz CT molecular complexity index is 2170. The van der Waals surface area contributed by atoms with E-state index in [2.05, 4.69) is 158 Å². The summed E-state index contributed by atoms with van der Waals surface area (Å²) in [5.74, 6) is 0. The maximum Gasteiger partial charge on any atom is -0.00208 e. The molecule has 0 aliphatic heterocycles. The van der Waals surface area contributed by atoms with Crippen molar-refractivity contribution in [3.63, 3.8) is 0 Å². The van der Waals surface area contributed by atoms with Crippen molar-refractivity contribution < 1.29 is 0 Å². The highest BCUT2D eigenvalue weighted by molar-refractivity contribution is 6.24. The van der Waals surface area contributed by atoms with Crippen LogP contribution in [0.15, 0.2) is 133 Å². The summed E-state index contributed by atoms with van der Waals surface area (Å²) in [7, 11) is 0. The van der Waals surface area contributed by atoms with Crippen molar-refractivity contribution in [2.24, 2.45) is 0 Å². The van der Waals surface area contributed by atoms with E-state index in [0.29, 0.717) is 0 Å². The van der Waals surface area contributed by atoms with Crippen molar-refractivity contribution in [3.05, 3.63) is 156 Å². The molecule has 0 aromatic heterocycles. The third-order valence-corrected chi connectivity index (χ3v) is 8.21. The van der Waals surface area contributed by atoms with Gasteiger partial charge in [-0.05, 0) is 82.2 Å². The van der Waals surface area contributed by atoms with Crippen LogP contribution < -0.4 is 0 Å². The van der Waals surface area contributed by atoms with E-state index in [1.54, 1.807) is 0 Å². The highest BCUT2D eigenvalue weighted by Crippen LogP contribution is 2.36. The molecule has 8 aromatic carbocycles. The van der Waals surface area contributed by atoms with Crippen LogP contribution in [0.25, 0.3) is 78.2 Å². The summed E-state index contributed by atoms with van der Waals surface area (Å²) >= 11 is 0. The molecule has 0 radical (unpaired) electrons. The van der Waals surface area contributed by atoms with E-state index in [4.69, 9.17) is 0 Å². The van der Waals surface area contributed by atoms with E-state index in [9.17, 15) is 0 Å². The molecule has 0 saturated carbocycles. The minimum Gasteiger partial charge on any atom is -0.0616 e. The predicted molar refractivity (Wildman–Crippen MR) is 176 cm³/mol. The van der Waals surface area contributed by atoms with Gasteiger partial charge in [-0.1, -0.05) is 152 Å². The van der Waals surface area contributed by atoms with Crippen LogP contribution in [0.2, 0.25) is 0 Å². The fourth-order valence-electron chi connectivity index (χ4n) is 6.22. The van der Waals surface area contributed by atoms with Crippen LogP contribution in [-0.4, -0.2) is 0 Å².